The summed E-state index contributed by atoms with van der Waals surface area (Å²) in [6.07, 6.45) is 7.38. The monoisotopic (exact) mass is 383 g/mol. The van der Waals surface area contributed by atoms with Crippen molar-refractivity contribution in [1.29, 1.82) is 0 Å². The fraction of sp³-hybridized carbons (Fsp3) is 0.500. The van der Waals surface area contributed by atoms with Gasteiger partial charge < -0.3 is 19.8 Å². The lowest BCUT2D eigenvalue weighted by atomic mass is 9.81. The number of fused-ring (bicyclic) bond motifs is 2. The molecular weight excluding hydrogens is 354 g/mol. The minimum absolute atomic E-state index is 0.133. The van der Waals surface area contributed by atoms with Gasteiger partial charge in [-0.15, -0.1) is 0 Å². The first-order valence-electron chi connectivity index (χ1n) is 10.3. The molecule has 2 aliphatic rings. The van der Waals surface area contributed by atoms with Gasteiger partial charge in [0, 0.05) is 23.8 Å². The summed E-state index contributed by atoms with van der Waals surface area (Å²) in [6, 6.07) is 12.6. The molecule has 150 valence electrons. The van der Waals surface area contributed by atoms with Crippen molar-refractivity contribution < 1.29 is 13.9 Å². The average Bonchev–Trinajstić information content (AvgIpc) is 3.17. The van der Waals surface area contributed by atoms with E-state index in [0.717, 1.165) is 36.6 Å². The van der Waals surface area contributed by atoms with Gasteiger partial charge in [-0.3, -0.25) is 4.90 Å². The van der Waals surface area contributed by atoms with Gasteiger partial charge in [0.2, 0.25) is 0 Å². The number of nitrogens with zero attached hydrogens (tertiary/aromatic N) is 1. The SMILES string of the molecule is CCOc1ccc(NC(=O)NC2C[C@H]3CCC[C@H](C2)N3Cc2ccco2)cc1. The molecule has 0 radical (unpaired) electrons. The zero-order valence-corrected chi connectivity index (χ0v) is 16.4. The summed E-state index contributed by atoms with van der Waals surface area (Å²) in [5.41, 5.74) is 0.774. The number of furan rings is 1. The quantitative estimate of drug-likeness (QED) is 0.777. The molecule has 28 heavy (non-hydrogen) atoms. The van der Waals surface area contributed by atoms with Crippen LogP contribution < -0.4 is 15.4 Å². The summed E-state index contributed by atoms with van der Waals surface area (Å²) in [7, 11) is 0. The minimum atomic E-state index is -0.133. The molecular formula is C22H29N3O3. The zero-order valence-electron chi connectivity index (χ0n) is 16.4. The molecule has 0 unspecified atom stereocenters. The molecule has 0 saturated carbocycles. The number of urea groups is 1. The zero-order chi connectivity index (χ0) is 19.3. The van der Waals surface area contributed by atoms with Gasteiger partial charge in [0.05, 0.1) is 19.4 Å². The molecule has 0 aliphatic carbocycles. The van der Waals surface area contributed by atoms with Gasteiger partial charge in [0.25, 0.3) is 0 Å². The lowest BCUT2D eigenvalue weighted by Crippen LogP contribution is -2.56. The maximum absolute atomic E-state index is 12.5. The summed E-state index contributed by atoms with van der Waals surface area (Å²) in [6.45, 7) is 3.45. The van der Waals surface area contributed by atoms with E-state index in [1.165, 1.54) is 19.3 Å². The van der Waals surface area contributed by atoms with E-state index in [9.17, 15) is 4.79 Å². The third-order valence-corrected chi connectivity index (χ3v) is 5.80. The molecule has 2 bridgehead atoms. The fourth-order valence-electron chi connectivity index (χ4n) is 4.59. The van der Waals surface area contributed by atoms with E-state index < -0.39 is 0 Å². The van der Waals surface area contributed by atoms with E-state index in [4.69, 9.17) is 9.15 Å². The van der Waals surface area contributed by atoms with E-state index in [1.54, 1.807) is 6.26 Å². The third kappa shape index (κ3) is 4.50. The van der Waals surface area contributed by atoms with Crippen LogP contribution in [0.4, 0.5) is 10.5 Å². The molecule has 2 aromatic rings. The van der Waals surface area contributed by atoms with E-state index in [2.05, 4.69) is 15.5 Å². The van der Waals surface area contributed by atoms with Crippen LogP contribution in [0.1, 0.15) is 44.8 Å². The summed E-state index contributed by atoms with van der Waals surface area (Å²) in [5, 5.41) is 6.12. The Kier molecular flexibility index (Phi) is 5.86. The first kappa shape index (κ1) is 18.9. The Labute approximate surface area is 166 Å². The van der Waals surface area contributed by atoms with E-state index in [0.29, 0.717) is 18.7 Å². The van der Waals surface area contributed by atoms with Crippen LogP contribution in [0, 0.1) is 0 Å². The predicted molar refractivity (Wildman–Crippen MR) is 108 cm³/mol. The molecule has 2 aliphatic heterocycles. The smallest absolute Gasteiger partial charge is 0.319 e. The van der Waals surface area contributed by atoms with Gasteiger partial charge >= 0.3 is 6.03 Å². The van der Waals surface area contributed by atoms with Crippen molar-refractivity contribution in [2.45, 2.75) is 63.7 Å². The molecule has 2 fully saturated rings. The number of carbonyl (C=O) groups is 1. The Hall–Kier alpha value is -2.47. The number of benzene rings is 1. The highest BCUT2D eigenvalue weighted by atomic mass is 16.5. The first-order valence-corrected chi connectivity index (χ1v) is 10.3. The van der Waals surface area contributed by atoms with Crippen LogP contribution in [-0.2, 0) is 6.54 Å². The molecule has 0 spiro atoms. The van der Waals surface area contributed by atoms with Crippen LogP contribution in [-0.4, -0.2) is 35.7 Å². The van der Waals surface area contributed by atoms with Crippen LogP contribution in [0.15, 0.2) is 47.1 Å². The number of piperidine rings is 2. The Morgan fingerprint density at radius 2 is 1.93 bits per heavy atom. The van der Waals surface area contributed by atoms with Crippen molar-refractivity contribution in [2.75, 3.05) is 11.9 Å². The summed E-state index contributed by atoms with van der Waals surface area (Å²) in [4.78, 5) is 15.0. The second-order valence-corrected chi connectivity index (χ2v) is 7.71. The molecule has 4 rings (SSSR count). The fourth-order valence-corrected chi connectivity index (χ4v) is 4.59. The highest BCUT2D eigenvalue weighted by Crippen LogP contribution is 2.35. The molecule has 6 nitrogen and oxygen atoms in total. The summed E-state index contributed by atoms with van der Waals surface area (Å²) < 4.78 is 11.0. The highest BCUT2D eigenvalue weighted by molar-refractivity contribution is 5.89. The second kappa shape index (κ2) is 8.69. The third-order valence-electron chi connectivity index (χ3n) is 5.80. The molecule has 2 saturated heterocycles. The largest absolute Gasteiger partial charge is 0.494 e. The number of hydrogen-bond acceptors (Lipinski definition) is 4. The van der Waals surface area contributed by atoms with E-state index in [-0.39, 0.29) is 12.1 Å². The molecule has 1 aromatic carbocycles. The van der Waals surface area contributed by atoms with Crippen LogP contribution in [0.5, 0.6) is 5.75 Å². The second-order valence-electron chi connectivity index (χ2n) is 7.71. The molecule has 1 aromatic heterocycles. The minimum Gasteiger partial charge on any atom is -0.494 e. The lowest BCUT2D eigenvalue weighted by molar-refractivity contribution is 0.0150. The van der Waals surface area contributed by atoms with E-state index in [1.807, 2.05) is 43.3 Å². The number of anilines is 1. The molecule has 6 heteroatoms. The van der Waals surface area contributed by atoms with Crippen LogP contribution in [0.3, 0.4) is 0 Å². The summed E-state index contributed by atoms with van der Waals surface area (Å²) >= 11 is 0. The van der Waals surface area contributed by atoms with Crippen molar-refractivity contribution >= 4 is 11.7 Å². The van der Waals surface area contributed by atoms with Crippen molar-refractivity contribution in [1.82, 2.24) is 10.2 Å². The molecule has 2 amide bonds. The maximum atomic E-state index is 12.5. The van der Waals surface area contributed by atoms with Crippen molar-refractivity contribution in [3.8, 4) is 5.75 Å². The standard InChI is InChI=1S/C22H29N3O3/c1-2-27-20-10-8-16(9-11-20)23-22(26)24-17-13-18-5-3-6-19(14-17)25(18)15-21-7-4-12-28-21/h4,7-12,17-19H,2-3,5-6,13-15H2,1H3,(H2,23,24,26)/t18-,19-/m1/s1. The van der Waals surface area contributed by atoms with Gasteiger partial charge in [-0.25, -0.2) is 4.79 Å². The number of amides is 2. The van der Waals surface area contributed by atoms with Crippen LogP contribution in [0.2, 0.25) is 0 Å². The number of hydrogen-bond donors (Lipinski definition) is 2. The Bertz CT molecular complexity index is 746. The van der Waals surface area contributed by atoms with Crippen molar-refractivity contribution in [2.24, 2.45) is 0 Å². The predicted octanol–water partition coefficient (Wildman–Crippen LogP) is 4.39. The average molecular weight is 383 g/mol. The molecule has 3 heterocycles. The Morgan fingerprint density at radius 1 is 1.18 bits per heavy atom. The van der Waals surface area contributed by atoms with Crippen molar-refractivity contribution in [3.05, 3.63) is 48.4 Å². The van der Waals surface area contributed by atoms with Crippen molar-refractivity contribution in [3.63, 3.8) is 0 Å². The molecule has 2 atom stereocenters. The number of ether oxygens (including phenoxy) is 1. The van der Waals surface area contributed by atoms with Crippen LogP contribution >= 0.6 is 0 Å². The van der Waals surface area contributed by atoms with Gasteiger partial charge in [-0.2, -0.15) is 0 Å². The van der Waals surface area contributed by atoms with Gasteiger partial charge in [0.15, 0.2) is 0 Å². The summed E-state index contributed by atoms with van der Waals surface area (Å²) in [5.74, 6) is 1.83. The number of rotatable bonds is 6. The maximum Gasteiger partial charge on any atom is 0.319 e. The van der Waals surface area contributed by atoms with Gasteiger partial charge in [0.1, 0.15) is 11.5 Å². The number of carbonyl (C=O) groups excluding carboxylic acids is 1. The van der Waals surface area contributed by atoms with E-state index >= 15 is 0 Å². The van der Waals surface area contributed by atoms with Gasteiger partial charge in [-0.1, -0.05) is 6.42 Å². The lowest BCUT2D eigenvalue weighted by Gasteiger charge is -2.48. The Morgan fingerprint density at radius 3 is 2.57 bits per heavy atom. The number of nitrogens with one attached hydrogen (secondary N) is 2. The van der Waals surface area contributed by atoms with Crippen LogP contribution in [0.25, 0.3) is 0 Å². The molecule has 2 N–H and O–H groups in total. The van der Waals surface area contributed by atoms with Gasteiger partial charge in [-0.05, 0) is 69.0 Å². The topological polar surface area (TPSA) is 66.7 Å². The normalized spacial score (nSPS) is 24.5. The first-order chi connectivity index (χ1) is 13.7. The Balaban J connectivity index is 1.31. The highest BCUT2D eigenvalue weighted by Gasteiger charge is 2.38.